The molecule has 0 spiro atoms. The summed E-state index contributed by atoms with van der Waals surface area (Å²) < 4.78 is 0. The number of carboxylic acids is 2. The molecule has 0 radical (unpaired) electrons. The molecule has 0 heterocycles. The Morgan fingerprint density at radius 3 is 2.04 bits per heavy atom. The van der Waals surface area contributed by atoms with E-state index in [1.807, 2.05) is 18.2 Å². The van der Waals surface area contributed by atoms with Crippen molar-refractivity contribution >= 4 is 11.9 Å². The van der Waals surface area contributed by atoms with E-state index in [1.54, 1.807) is 12.1 Å². The van der Waals surface area contributed by atoms with Crippen molar-refractivity contribution < 1.29 is 19.8 Å². The highest BCUT2D eigenvalue weighted by atomic mass is 16.4. The van der Waals surface area contributed by atoms with Gasteiger partial charge in [-0.3, -0.25) is 0 Å². The second-order valence-corrected chi connectivity index (χ2v) is 6.91. The summed E-state index contributed by atoms with van der Waals surface area (Å²) in [4.78, 5) is 23.0. The number of aryl methyl sites for hydroxylation is 1. The van der Waals surface area contributed by atoms with Gasteiger partial charge in [0, 0.05) is 0 Å². The predicted octanol–water partition coefficient (Wildman–Crippen LogP) is 5.58. The third-order valence-electron chi connectivity index (χ3n) is 4.89. The zero-order chi connectivity index (χ0) is 19.6. The molecule has 4 heteroatoms. The molecule has 0 saturated carbocycles. The number of hydrogen-bond donors (Lipinski definition) is 2. The van der Waals surface area contributed by atoms with E-state index in [-0.39, 0.29) is 11.1 Å². The Hall–Kier alpha value is -2.62. The minimum Gasteiger partial charge on any atom is -0.478 e. The van der Waals surface area contributed by atoms with Gasteiger partial charge < -0.3 is 10.2 Å². The Morgan fingerprint density at radius 2 is 1.37 bits per heavy atom. The maximum absolute atomic E-state index is 11.7. The quantitative estimate of drug-likeness (QED) is 0.508. The number of carbonyl (C=O) groups is 2. The molecule has 2 aromatic carbocycles. The Morgan fingerprint density at radius 1 is 0.741 bits per heavy atom. The maximum Gasteiger partial charge on any atom is 0.336 e. The van der Waals surface area contributed by atoms with Crippen molar-refractivity contribution in [1.29, 1.82) is 0 Å². The van der Waals surface area contributed by atoms with E-state index in [4.69, 9.17) is 0 Å². The smallest absolute Gasteiger partial charge is 0.336 e. The topological polar surface area (TPSA) is 74.6 Å². The van der Waals surface area contributed by atoms with E-state index in [1.165, 1.54) is 43.7 Å². The number of hydrogen-bond acceptors (Lipinski definition) is 2. The molecular weight excluding hydrogens is 340 g/mol. The summed E-state index contributed by atoms with van der Waals surface area (Å²) in [7, 11) is 0. The normalized spacial score (nSPS) is 10.7. The van der Waals surface area contributed by atoms with Gasteiger partial charge in [-0.2, -0.15) is 0 Å². The molecular formula is C23H28O4. The standard InChI is InChI=1S/C23H28O4/c1-2-3-4-5-6-7-11-17-12-8-9-13-18(17)16-19-14-10-15-20(22(24)25)21(19)23(26)27/h8-10,12-15H,2-7,11,16H2,1H3,(H,24,25)(H,26,27). The Kier molecular flexibility index (Phi) is 8.05. The van der Waals surface area contributed by atoms with Gasteiger partial charge >= 0.3 is 11.9 Å². The van der Waals surface area contributed by atoms with Crippen LogP contribution < -0.4 is 0 Å². The second kappa shape index (κ2) is 10.5. The van der Waals surface area contributed by atoms with Crippen LogP contribution in [-0.2, 0) is 12.8 Å². The molecule has 144 valence electrons. The van der Waals surface area contributed by atoms with Gasteiger partial charge in [-0.05, 0) is 42.0 Å². The summed E-state index contributed by atoms with van der Waals surface area (Å²) in [6.45, 7) is 2.21. The lowest BCUT2D eigenvalue weighted by molar-refractivity contribution is 0.0650. The van der Waals surface area contributed by atoms with Crippen molar-refractivity contribution in [2.45, 2.75) is 58.3 Å². The molecule has 2 rings (SSSR count). The molecule has 0 fully saturated rings. The number of carboxylic acid groups (broad SMARTS) is 2. The maximum atomic E-state index is 11.7. The Bertz CT molecular complexity index is 780. The average molecular weight is 368 g/mol. The van der Waals surface area contributed by atoms with Crippen LogP contribution in [0.5, 0.6) is 0 Å². The summed E-state index contributed by atoms with van der Waals surface area (Å²) >= 11 is 0. The van der Waals surface area contributed by atoms with Gasteiger partial charge in [0.2, 0.25) is 0 Å². The van der Waals surface area contributed by atoms with Gasteiger partial charge in [0.1, 0.15) is 0 Å². The molecule has 0 saturated heterocycles. The van der Waals surface area contributed by atoms with E-state index >= 15 is 0 Å². The van der Waals surface area contributed by atoms with Crippen molar-refractivity contribution in [1.82, 2.24) is 0 Å². The van der Waals surface area contributed by atoms with Crippen LogP contribution in [0.2, 0.25) is 0 Å². The summed E-state index contributed by atoms with van der Waals surface area (Å²) in [5.74, 6) is -2.41. The van der Waals surface area contributed by atoms with Gasteiger partial charge in [0.15, 0.2) is 0 Å². The molecule has 2 aromatic rings. The van der Waals surface area contributed by atoms with Crippen LogP contribution in [0.15, 0.2) is 42.5 Å². The fourth-order valence-electron chi connectivity index (χ4n) is 3.45. The highest BCUT2D eigenvalue weighted by molar-refractivity contribution is 6.02. The van der Waals surface area contributed by atoms with Gasteiger partial charge in [0.25, 0.3) is 0 Å². The third-order valence-corrected chi connectivity index (χ3v) is 4.89. The number of rotatable bonds is 11. The number of benzene rings is 2. The van der Waals surface area contributed by atoms with Gasteiger partial charge in [-0.15, -0.1) is 0 Å². The first-order valence-electron chi connectivity index (χ1n) is 9.69. The molecule has 0 atom stereocenters. The van der Waals surface area contributed by atoms with Gasteiger partial charge in [-0.1, -0.05) is 75.4 Å². The minimum absolute atomic E-state index is 0.112. The average Bonchev–Trinajstić information content (AvgIpc) is 2.65. The molecule has 27 heavy (non-hydrogen) atoms. The zero-order valence-electron chi connectivity index (χ0n) is 15.9. The summed E-state index contributed by atoms with van der Waals surface area (Å²) in [5, 5.41) is 18.8. The van der Waals surface area contributed by atoms with E-state index in [0.717, 1.165) is 18.4 Å². The van der Waals surface area contributed by atoms with Crippen LogP contribution in [0, 0.1) is 0 Å². The van der Waals surface area contributed by atoms with Crippen molar-refractivity contribution in [2.24, 2.45) is 0 Å². The molecule has 0 unspecified atom stereocenters. The molecule has 0 aliphatic heterocycles. The monoisotopic (exact) mass is 368 g/mol. The van der Waals surface area contributed by atoms with Crippen LogP contribution in [0.1, 0.15) is 82.9 Å². The number of aromatic carboxylic acids is 2. The number of unbranched alkanes of at least 4 members (excludes halogenated alkanes) is 5. The van der Waals surface area contributed by atoms with Crippen molar-refractivity contribution in [3.63, 3.8) is 0 Å². The first-order valence-corrected chi connectivity index (χ1v) is 9.69. The zero-order valence-corrected chi connectivity index (χ0v) is 15.9. The highest BCUT2D eigenvalue weighted by Crippen LogP contribution is 2.22. The largest absolute Gasteiger partial charge is 0.478 e. The molecule has 4 nitrogen and oxygen atoms in total. The van der Waals surface area contributed by atoms with Gasteiger partial charge in [-0.25, -0.2) is 9.59 Å². The van der Waals surface area contributed by atoms with Crippen LogP contribution >= 0.6 is 0 Å². The lowest BCUT2D eigenvalue weighted by Gasteiger charge is -2.13. The summed E-state index contributed by atoms with van der Waals surface area (Å²) in [6, 6.07) is 12.7. The minimum atomic E-state index is -1.21. The molecule has 0 aliphatic carbocycles. The highest BCUT2D eigenvalue weighted by Gasteiger charge is 2.20. The summed E-state index contributed by atoms with van der Waals surface area (Å²) in [5.41, 5.74) is 2.55. The first kappa shape index (κ1) is 20.7. The molecule has 0 aliphatic rings. The first-order chi connectivity index (χ1) is 13.0. The second-order valence-electron chi connectivity index (χ2n) is 6.91. The van der Waals surface area contributed by atoms with E-state index in [2.05, 4.69) is 13.0 Å². The fourth-order valence-corrected chi connectivity index (χ4v) is 3.45. The molecule has 0 aromatic heterocycles. The molecule has 0 bridgehead atoms. The lowest BCUT2D eigenvalue weighted by atomic mass is 9.92. The van der Waals surface area contributed by atoms with Crippen molar-refractivity contribution in [2.75, 3.05) is 0 Å². The van der Waals surface area contributed by atoms with Crippen LogP contribution in [0.3, 0.4) is 0 Å². The Labute approximate surface area is 160 Å². The summed E-state index contributed by atoms with van der Waals surface area (Å²) in [6.07, 6.45) is 8.75. The predicted molar refractivity (Wildman–Crippen MR) is 107 cm³/mol. The van der Waals surface area contributed by atoms with E-state index in [0.29, 0.717) is 12.0 Å². The lowest BCUT2D eigenvalue weighted by Crippen LogP contribution is -2.12. The fraction of sp³-hybridized carbons (Fsp3) is 0.391. The van der Waals surface area contributed by atoms with Crippen LogP contribution in [0.25, 0.3) is 0 Å². The van der Waals surface area contributed by atoms with Crippen LogP contribution in [-0.4, -0.2) is 22.2 Å². The van der Waals surface area contributed by atoms with Crippen molar-refractivity contribution in [3.8, 4) is 0 Å². The molecule has 2 N–H and O–H groups in total. The van der Waals surface area contributed by atoms with Crippen LogP contribution in [0.4, 0.5) is 0 Å². The van der Waals surface area contributed by atoms with E-state index in [9.17, 15) is 19.8 Å². The van der Waals surface area contributed by atoms with Crippen molar-refractivity contribution in [3.05, 3.63) is 70.3 Å². The SMILES string of the molecule is CCCCCCCCc1ccccc1Cc1cccc(C(=O)O)c1C(=O)O. The van der Waals surface area contributed by atoms with Gasteiger partial charge in [0.05, 0.1) is 11.1 Å². The van der Waals surface area contributed by atoms with E-state index < -0.39 is 11.9 Å². The Balaban J connectivity index is 2.15. The third kappa shape index (κ3) is 5.95. The molecule has 0 amide bonds.